The number of hydrogen-bond donors (Lipinski definition) is 1. The lowest BCUT2D eigenvalue weighted by molar-refractivity contribution is 0.102. The van der Waals surface area contributed by atoms with Crippen LogP contribution >= 0.6 is 15.9 Å². The van der Waals surface area contributed by atoms with Gasteiger partial charge in [0.25, 0.3) is 0 Å². The van der Waals surface area contributed by atoms with Gasteiger partial charge in [-0.15, -0.1) is 0 Å². The number of rotatable bonds is 3. The second kappa shape index (κ2) is 4.75. The highest BCUT2D eigenvalue weighted by atomic mass is 79.9. The van der Waals surface area contributed by atoms with Crippen molar-refractivity contribution in [1.29, 1.82) is 0 Å². The molecule has 0 bridgehead atoms. The fourth-order valence-electron chi connectivity index (χ4n) is 1.78. The summed E-state index contributed by atoms with van der Waals surface area (Å²) < 4.78 is 5.24. The molecule has 0 spiro atoms. The van der Waals surface area contributed by atoms with E-state index in [1.165, 1.54) is 0 Å². The van der Waals surface area contributed by atoms with Gasteiger partial charge in [-0.05, 0) is 6.07 Å². The predicted octanol–water partition coefficient (Wildman–Crippen LogP) is 3.13. The number of fused-ring (bicyclic) bond motifs is 1. The van der Waals surface area contributed by atoms with Crippen molar-refractivity contribution in [2.45, 2.75) is 0 Å². The molecule has 2 aromatic rings. The van der Waals surface area contributed by atoms with E-state index in [0.29, 0.717) is 11.1 Å². The van der Waals surface area contributed by atoms with Gasteiger partial charge in [-0.25, -0.2) is 0 Å². The topological polar surface area (TPSA) is 46.5 Å². The third-order valence-electron chi connectivity index (χ3n) is 2.62. The standard InChI is InChI=1S/C13H11BrO3/c1-17-12-6-10(11(15)7-14)13(16)9-5-3-2-4-8(9)12/h2-6,16H,7H2,1H3. The van der Waals surface area contributed by atoms with Gasteiger partial charge in [0.1, 0.15) is 11.5 Å². The first-order valence-corrected chi connectivity index (χ1v) is 6.19. The van der Waals surface area contributed by atoms with Crippen LogP contribution in [0.5, 0.6) is 11.5 Å². The Morgan fingerprint density at radius 1 is 1.35 bits per heavy atom. The fourth-order valence-corrected chi connectivity index (χ4v) is 2.08. The maximum absolute atomic E-state index is 11.7. The lowest BCUT2D eigenvalue weighted by Crippen LogP contribution is -2.01. The Balaban J connectivity index is 2.80. The summed E-state index contributed by atoms with van der Waals surface area (Å²) in [5, 5.41) is 11.7. The summed E-state index contributed by atoms with van der Waals surface area (Å²) in [5.74, 6) is 0.417. The summed E-state index contributed by atoms with van der Waals surface area (Å²) in [7, 11) is 1.54. The molecule has 88 valence electrons. The molecule has 0 amide bonds. The maximum atomic E-state index is 11.7. The van der Waals surface area contributed by atoms with Crippen LogP contribution in [0.3, 0.4) is 0 Å². The van der Waals surface area contributed by atoms with Crippen molar-refractivity contribution in [3.63, 3.8) is 0 Å². The summed E-state index contributed by atoms with van der Waals surface area (Å²) in [4.78, 5) is 11.7. The molecule has 0 unspecified atom stereocenters. The number of halogens is 1. The van der Waals surface area contributed by atoms with E-state index in [9.17, 15) is 9.90 Å². The van der Waals surface area contributed by atoms with Crippen molar-refractivity contribution in [1.82, 2.24) is 0 Å². The molecule has 0 aromatic heterocycles. The molecule has 1 N–H and O–H groups in total. The third kappa shape index (κ3) is 2.00. The van der Waals surface area contributed by atoms with Gasteiger partial charge in [0.05, 0.1) is 18.0 Å². The molecule has 0 atom stereocenters. The smallest absolute Gasteiger partial charge is 0.177 e. The summed E-state index contributed by atoms with van der Waals surface area (Å²) in [6, 6.07) is 8.84. The molecule has 3 nitrogen and oxygen atoms in total. The highest BCUT2D eigenvalue weighted by Crippen LogP contribution is 2.36. The zero-order valence-corrected chi connectivity index (χ0v) is 10.8. The molecule has 4 heteroatoms. The number of methoxy groups -OCH3 is 1. The van der Waals surface area contributed by atoms with Gasteiger partial charge in [0, 0.05) is 10.8 Å². The van der Waals surface area contributed by atoms with Crippen molar-refractivity contribution in [3.8, 4) is 11.5 Å². The third-order valence-corrected chi connectivity index (χ3v) is 3.13. The minimum absolute atomic E-state index is 0.00542. The number of hydrogen-bond acceptors (Lipinski definition) is 3. The first-order valence-electron chi connectivity index (χ1n) is 5.07. The van der Waals surface area contributed by atoms with Gasteiger partial charge in [0.2, 0.25) is 0 Å². The van der Waals surface area contributed by atoms with Crippen LogP contribution in [0.1, 0.15) is 10.4 Å². The van der Waals surface area contributed by atoms with Gasteiger partial charge in [0.15, 0.2) is 5.78 Å². The number of alkyl halides is 1. The Morgan fingerprint density at radius 3 is 2.59 bits per heavy atom. The van der Waals surface area contributed by atoms with Crippen LogP contribution in [0.15, 0.2) is 30.3 Å². The Morgan fingerprint density at radius 2 is 2.00 bits per heavy atom. The van der Waals surface area contributed by atoms with Crippen LogP contribution in [0.4, 0.5) is 0 Å². The van der Waals surface area contributed by atoms with Gasteiger partial charge >= 0.3 is 0 Å². The Labute approximate surface area is 107 Å². The monoisotopic (exact) mass is 294 g/mol. The molecule has 0 fully saturated rings. The lowest BCUT2D eigenvalue weighted by atomic mass is 10.0. The first-order chi connectivity index (χ1) is 8.19. The molecular weight excluding hydrogens is 284 g/mol. The predicted molar refractivity (Wildman–Crippen MR) is 70.3 cm³/mol. The number of benzene rings is 2. The van der Waals surface area contributed by atoms with Crippen LogP contribution in [0.2, 0.25) is 0 Å². The Bertz CT molecular complexity index is 578. The second-order valence-corrected chi connectivity index (χ2v) is 4.14. The van der Waals surface area contributed by atoms with Crippen LogP contribution in [0, 0.1) is 0 Å². The van der Waals surface area contributed by atoms with Crippen LogP contribution in [-0.2, 0) is 0 Å². The van der Waals surface area contributed by atoms with E-state index in [4.69, 9.17) is 4.74 Å². The number of ether oxygens (including phenoxy) is 1. The molecule has 0 heterocycles. The Kier molecular flexibility index (Phi) is 3.33. The number of phenolic OH excluding ortho intramolecular Hbond substituents is 1. The largest absolute Gasteiger partial charge is 0.507 e. The molecule has 2 rings (SSSR count). The SMILES string of the molecule is COc1cc(C(=O)CBr)c(O)c2ccccc12. The van der Waals surface area contributed by atoms with E-state index in [1.54, 1.807) is 19.2 Å². The summed E-state index contributed by atoms with van der Waals surface area (Å²) in [5.41, 5.74) is 0.275. The van der Waals surface area contributed by atoms with Gasteiger partial charge in [-0.1, -0.05) is 40.2 Å². The molecule has 0 aliphatic heterocycles. The maximum Gasteiger partial charge on any atom is 0.177 e. The Hall–Kier alpha value is -1.55. The van der Waals surface area contributed by atoms with Gasteiger partial charge in [-0.3, -0.25) is 4.79 Å². The van der Waals surface area contributed by atoms with Gasteiger partial charge in [-0.2, -0.15) is 0 Å². The molecular formula is C13H11BrO3. The van der Waals surface area contributed by atoms with E-state index >= 15 is 0 Å². The quantitative estimate of drug-likeness (QED) is 0.699. The lowest BCUT2D eigenvalue weighted by Gasteiger charge is -2.10. The average molecular weight is 295 g/mol. The molecule has 17 heavy (non-hydrogen) atoms. The molecule has 0 aliphatic carbocycles. The van der Waals surface area contributed by atoms with E-state index < -0.39 is 0 Å². The minimum atomic E-state index is -0.174. The van der Waals surface area contributed by atoms with Crippen molar-refractivity contribution < 1.29 is 14.6 Å². The van der Waals surface area contributed by atoms with Crippen molar-refractivity contribution in [3.05, 3.63) is 35.9 Å². The fraction of sp³-hybridized carbons (Fsp3) is 0.154. The zero-order chi connectivity index (χ0) is 12.4. The number of carbonyl (C=O) groups excluding carboxylic acids is 1. The highest BCUT2D eigenvalue weighted by Gasteiger charge is 2.16. The van der Waals surface area contributed by atoms with Crippen LogP contribution in [-0.4, -0.2) is 23.3 Å². The van der Waals surface area contributed by atoms with Crippen LogP contribution in [0.25, 0.3) is 10.8 Å². The number of aromatic hydroxyl groups is 1. The molecule has 0 saturated carbocycles. The molecule has 0 saturated heterocycles. The van der Waals surface area contributed by atoms with Crippen LogP contribution < -0.4 is 4.74 Å². The average Bonchev–Trinajstić information content (AvgIpc) is 2.39. The molecule has 0 radical (unpaired) electrons. The van der Waals surface area contributed by atoms with E-state index in [1.807, 2.05) is 18.2 Å². The van der Waals surface area contributed by atoms with E-state index in [-0.39, 0.29) is 22.4 Å². The normalized spacial score (nSPS) is 10.5. The van der Waals surface area contributed by atoms with E-state index in [0.717, 1.165) is 5.39 Å². The summed E-state index contributed by atoms with van der Waals surface area (Å²) in [6.07, 6.45) is 0. The molecule has 2 aromatic carbocycles. The van der Waals surface area contributed by atoms with E-state index in [2.05, 4.69) is 15.9 Å². The second-order valence-electron chi connectivity index (χ2n) is 3.58. The zero-order valence-electron chi connectivity index (χ0n) is 9.24. The van der Waals surface area contributed by atoms with Gasteiger partial charge < -0.3 is 9.84 Å². The number of phenols is 1. The number of ketones is 1. The van der Waals surface area contributed by atoms with Crippen molar-refractivity contribution in [2.24, 2.45) is 0 Å². The van der Waals surface area contributed by atoms with Crippen molar-refractivity contribution >= 4 is 32.5 Å². The number of carbonyl (C=O) groups is 1. The summed E-state index contributed by atoms with van der Waals surface area (Å²) >= 11 is 3.09. The number of Topliss-reactive ketones (excluding diaryl/α,β-unsaturated/α-hetero) is 1. The minimum Gasteiger partial charge on any atom is -0.507 e. The highest BCUT2D eigenvalue weighted by molar-refractivity contribution is 9.09. The van der Waals surface area contributed by atoms with Crippen molar-refractivity contribution in [2.75, 3.05) is 12.4 Å². The molecule has 0 aliphatic rings. The summed E-state index contributed by atoms with van der Waals surface area (Å²) in [6.45, 7) is 0. The first kappa shape index (κ1) is 11.9.